The third-order valence-electron chi connectivity index (χ3n) is 3.43. The molecule has 0 aliphatic carbocycles. The normalized spacial score (nSPS) is 11.2. The molecule has 0 spiro atoms. The largest absolute Gasteiger partial charge is 0.448 e. The van der Waals surface area contributed by atoms with Crippen molar-refractivity contribution in [1.29, 1.82) is 0 Å². The number of aryl methyl sites for hydroxylation is 1. The van der Waals surface area contributed by atoms with Crippen molar-refractivity contribution in [3.8, 4) is 0 Å². The Morgan fingerprint density at radius 2 is 1.88 bits per heavy atom. The van der Waals surface area contributed by atoms with Crippen LogP contribution in [0.2, 0.25) is 0 Å². The maximum absolute atomic E-state index is 12.9. The van der Waals surface area contributed by atoms with Gasteiger partial charge in [0.05, 0.1) is 0 Å². The molecule has 2 amide bonds. The Bertz CT molecular complexity index is 732. The molecule has 2 rings (SSSR count). The van der Waals surface area contributed by atoms with E-state index in [-0.39, 0.29) is 29.9 Å². The van der Waals surface area contributed by atoms with E-state index in [2.05, 4.69) is 10.3 Å². The Labute approximate surface area is 139 Å². The predicted molar refractivity (Wildman–Crippen MR) is 87.1 cm³/mol. The number of nitrogens with one attached hydrogen (secondary N) is 1. The lowest BCUT2D eigenvalue weighted by Gasteiger charge is -2.34. The minimum atomic E-state index is -0.595. The molecule has 0 aliphatic heterocycles. The SMILES string of the molecule is Cc1ocnc1C(=O)N(CC(=O)Nc1ccc(F)cc1)C(C)(C)C. The highest BCUT2D eigenvalue weighted by Crippen LogP contribution is 2.19. The van der Waals surface area contributed by atoms with Gasteiger partial charge in [-0.2, -0.15) is 0 Å². The summed E-state index contributed by atoms with van der Waals surface area (Å²) in [5.41, 5.74) is 0.0441. The number of oxazole rings is 1. The number of rotatable bonds is 4. The van der Waals surface area contributed by atoms with Crippen LogP contribution in [0.5, 0.6) is 0 Å². The second-order valence-electron chi connectivity index (χ2n) is 6.37. The highest BCUT2D eigenvalue weighted by atomic mass is 19.1. The van der Waals surface area contributed by atoms with Gasteiger partial charge in [-0.1, -0.05) is 0 Å². The lowest BCUT2D eigenvalue weighted by Crippen LogP contribution is -2.49. The summed E-state index contributed by atoms with van der Waals surface area (Å²) in [6, 6.07) is 5.42. The van der Waals surface area contributed by atoms with Gasteiger partial charge in [-0.15, -0.1) is 0 Å². The second-order valence-corrected chi connectivity index (χ2v) is 6.37. The van der Waals surface area contributed by atoms with E-state index in [1.54, 1.807) is 6.92 Å². The number of nitrogens with zero attached hydrogens (tertiary/aromatic N) is 2. The molecule has 24 heavy (non-hydrogen) atoms. The smallest absolute Gasteiger partial charge is 0.276 e. The van der Waals surface area contributed by atoms with Crippen molar-refractivity contribution in [3.05, 3.63) is 47.9 Å². The number of hydrogen-bond donors (Lipinski definition) is 1. The van der Waals surface area contributed by atoms with E-state index in [1.807, 2.05) is 20.8 Å². The topological polar surface area (TPSA) is 75.4 Å². The van der Waals surface area contributed by atoms with Crippen molar-refractivity contribution in [2.45, 2.75) is 33.2 Å². The molecule has 1 aromatic carbocycles. The van der Waals surface area contributed by atoms with E-state index in [1.165, 1.54) is 35.6 Å². The molecule has 1 heterocycles. The maximum Gasteiger partial charge on any atom is 0.276 e. The molecule has 1 N–H and O–H groups in total. The number of benzene rings is 1. The molecule has 7 heteroatoms. The molecule has 0 bridgehead atoms. The molecule has 0 radical (unpaired) electrons. The molecule has 0 saturated heterocycles. The summed E-state index contributed by atoms with van der Waals surface area (Å²) >= 11 is 0. The minimum Gasteiger partial charge on any atom is -0.448 e. The number of amides is 2. The van der Waals surface area contributed by atoms with Crippen molar-refractivity contribution < 1.29 is 18.4 Å². The summed E-state index contributed by atoms with van der Waals surface area (Å²) in [5.74, 6) is -0.761. The molecule has 0 atom stereocenters. The van der Waals surface area contributed by atoms with Gasteiger partial charge in [-0.05, 0) is 52.0 Å². The standard InChI is InChI=1S/C17H20FN3O3/c1-11-15(19-10-24-11)16(23)21(17(2,3)4)9-14(22)20-13-7-5-12(18)6-8-13/h5-8,10H,9H2,1-4H3,(H,20,22). The number of halogens is 1. The second kappa shape index (κ2) is 6.82. The van der Waals surface area contributed by atoms with Gasteiger partial charge in [0.25, 0.3) is 5.91 Å². The average molecular weight is 333 g/mol. The van der Waals surface area contributed by atoms with Crippen LogP contribution in [-0.4, -0.2) is 33.8 Å². The molecule has 0 aliphatic rings. The van der Waals surface area contributed by atoms with Gasteiger partial charge in [-0.25, -0.2) is 9.37 Å². The molecule has 2 aromatic rings. The molecule has 1 aromatic heterocycles. The average Bonchev–Trinajstić information content (AvgIpc) is 2.91. The van der Waals surface area contributed by atoms with Gasteiger partial charge in [0.1, 0.15) is 18.1 Å². The van der Waals surface area contributed by atoms with Crippen LogP contribution in [0.25, 0.3) is 0 Å². The first-order chi connectivity index (χ1) is 11.2. The number of hydrogen-bond acceptors (Lipinski definition) is 4. The van der Waals surface area contributed by atoms with Crippen molar-refractivity contribution in [3.63, 3.8) is 0 Å². The molecular formula is C17H20FN3O3. The highest BCUT2D eigenvalue weighted by Gasteiger charge is 2.31. The van der Waals surface area contributed by atoms with Crippen LogP contribution in [0.4, 0.5) is 10.1 Å². The van der Waals surface area contributed by atoms with Crippen LogP contribution in [0.3, 0.4) is 0 Å². The Balaban J connectivity index is 2.14. The zero-order valence-corrected chi connectivity index (χ0v) is 14.1. The predicted octanol–water partition coefficient (Wildman–Crippen LogP) is 3.00. The van der Waals surface area contributed by atoms with Crippen LogP contribution < -0.4 is 5.32 Å². The molecule has 6 nitrogen and oxygen atoms in total. The van der Waals surface area contributed by atoms with Crippen LogP contribution in [0.1, 0.15) is 37.0 Å². The zero-order valence-electron chi connectivity index (χ0n) is 14.1. The summed E-state index contributed by atoms with van der Waals surface area (Å²) in [6.07, 6.45) is 1.20. The lowest BCUT2D eigenvalue weighted by molar-refractivity contribution is -0.117. The van der Waals surface area contributed by atoms with E-state index in [0.29, 0.717) is 11.4 Å². The Morgan fingerprint density at radius 1 is 1.25 bits per heavy atom. The Kier molecular flexibility index (Phi) is 5.02. The third-order valence-corrected chi connectivity index (χ3v) is 3.43. The molecule has 128 valence electrons. The first kappa shape index (κ1) is 17.7. The highest BCUT2D eigenvalue weighted by molar-refractivity contribution is 5.99. The first-order valence-corrected chi connectivity index (χ1v) is 7.46. The quantitative estimate of drug-likeness (QED) is 0.933. The van der Waals surface area contributed by atoms with Crippen molar-refractivity contribution >= 4 is 17.5 Å². The monoisotopic (exact) mass is 333 g/mol. The molecule has 0 unspecified atom stereocenters. The maximum atomic E-state index is 12.9. The number of carbonyl (C=O) groups excluding carboxylic acids is 2. The number of aromatic nitrogens is 1. The van der Waals surface area contributed by atoms with E-state index in [9.17, 15) is 14.0 Å². The molecule has 0 fully saturated rings. The third kappa shape index (κ3) is 4.18. The fraction of sp³-hybridized carbons (Fsp3) is 0.353. The summed E-state index contributed by atoms with van der Waals surface area (Å²) in [7, 11) is 0. The van der Waals surface area contributed by atoms with Crippen LogP contribution >= 0.6 is 0 Å². The fourth-order valence-corrected chi connectivity index (χ4v) is 2.13. The summed E-state index contributed by atoms with van der Waals surface area (Å²) in [5, 5.41) is 2.64. The van der Waals surface area contributed by atoms with E-state index in [0.717, 1.165) is 0 Å². The minimum absolute atomic E-state index is 0.161. The van der Waals surface area contributed by atoms with Gasteiger partial charge in [0, 0.05) is 11.2 Å². The zero-order chi connectivity index (χ0) is 17.9. The van der Waals surface area contributed by atoms with Gasteiger partial charge >= 0.3 is 0 Å². The summed E-state index contributed by atoms with van der Waals surface area (Å²) in [6.45, 7) is 6.95. The van der Waals surface area contributed by atoms with Gasteiger partial charge in [0.15, 0.2) is 12.1 Å². The fourth-order valence-electron chi connectivity index (χ4n) is 2.13. The number of carbonyl (C=O) groups is 2. The molecule has 0 saturated carbocycles. The van der Waals surface area contributed by atoms with Crippen LogP contribution in [0.15, 0.2) is 35.1 Å². The van der Waals surface area contributed by atoms with E-state index >= 15 is 0 Å². The van der Waals surface area contributed by atoms with Crippen molar-refractivity contribution in [1.82, 2.24) is 9.88 Å². The lowest BCUT2D eigenvalue weighted by atomic mass is 10.0. The van der Waals surface area contributed by atoms with E-state index < -0.39 is 5.54 Å². The Morgan fingerprint density at radius 3 is 2.38 bits per heavy atom. The van der Waals surface area contributed by atoms with Crippen LogP contribution in [0, 0.1) is 12.7 Å². The van der Waals surface area contributed by atoms with Crippen molar-refractivity contribution in [2.24, 2.45) is 0 Å². The first-order valence-electron chi connectivity index (χ1n) is 7.46. The Hall–Kier alpha value is -2.70. The van der Waals surface area contributed by atoms with Gasteiger partial charge in [0.2, 0.25) is 5.91 Å². The summed E-state index contributed by atoms with van der Waals surface area (Å²) < 4.78 is 18.0. The van der Waals surface area contributed by atoms with Gasteiger partial charge < -0.3 is 14.6 Å². The van der Waals surface area contributed by atoms with Crippen molar-refractivity contribution in [2.75, 3.05) is 11.9 Å². The molecular weight excluding hydrogens is 313 g/mol. The van der Waals surface area contributed by atoms with E-state index in [4.69, 9.17) is 4.42 Å². The summed E-state index contributed by atoms with van der Waals surface area (Å²) in [4.78, 5) is 30.3. The van der Waals surface area contributed by atoms with Gasteiger partial charge in [-0.3, -0.25) is 9.59 Å². The van der Waals surface area contributed by atoms with Crippen LogP contribution in [-0.2, 0) is 4.79 Å². The number of anilines is 1.